The van der Waals surface area contributed by atoms with Gasteiger partial charge in [0.1, 0.15) is 17.0 Å². The van der Waals surface area contributed by atoms with E-state index in [0.717, 1.165) is 67.7 Å². The molecule has 0 amide bonds. The normalized spacial score (nSPS) is 17.2. The summed E-state index contributed by atoms with van der Waals surface area (Å²) in [6, 6.07) is 57.1. The second-order valence-corrected chi connectivity index (χ2v) is 16.6. The van der Waals surface area contributed by atoms with Gasteiger partial charge in [0.25, 0.3) is 0 Å². The number of hydrogen-bond donors (Lipinski definition) is 1. The first-order valence-corrected chi connectivity index (χ1v) is 20.6. The molecule has 2 aliphatic heterocycles. The van der Waals surface area contributed by atoms with E-state index in [1.54, 1.807) is 0 Å². The summed E-state index contributed by atoms with van der Waals surface area (Å²) in [5.41, 5.74) is 13.8. The Balaban J connectivity index is 1.13. The number of furan rings is 1. The van der Waals surface area contributed by atoms with Gasteiger partial charge in [-0.15, -0.1) is 0 Å². The molecule has 2 atom stereocenters. The Bertz CT molecular complexity index is 3240. The molecule has 0 radical (unpaired) electrons. The van der Waals surface area contributed by atoms with Gasteiger partial charge in [0.2, 0.25) is 0 Å². The first kappa shape index (κ1) is 32.6. The van der Waals surface area contributed by atoms with E-state index in [4.69, 9.17) is 9.41 Å². The van der Waals surface area contributed by atoms with Gasteiger partial charge in [0.05, 0.1) is 11.7 Å². The minimum absolute atomic E-state index is 0.0105. The summed E-state index contributed by atoms with van der Waals surface area (Å²) in [4.78, 5) is 8.18. The van der Waals surface area contributed by atoms with E-state index >= 15 is 0 Å². The molecule has 12 rings (SSSR count). The molecule has 0 fully saturated rings. The second-order valence-electron chi connectivity index (χ2n) is 15.5. The zero-order valence-electron chi connectivity index (χ0n) is 31.3. The maximum atomic E-state index is 6.32. The van der Waals surface area contributed by atoms with Gasteiger partial charge in [-0.3, -0.25) is 0 Å². The number of amidine groups is 1. The Morgan fingerprint density at radius 2 is 1.33 bits per heavy atom. The van der Waals surface area contributed by atoms with Gasteiger partial charge >= 0.3 is 0 Å². The fourth-order valence-electron chi connectivity index (χ4n) is 9.45. The lowest BCUT2D eigenvalue weighted by atomic mass is 9.80. The Hall–Kier alpha value is -6.62. The molecule has 0 spiro atoms. The van der Waals surface area contributed by atoms with Crippen LogP contribution < -0.4 is 5.32 Å². The molecule has 3 heterocycles. The van der Waals surface area contributed by atoms with Crippen LogP contribution in [0.5, 0.6) is 0 Å². The predicted octanol–water partition coefficient (Wildman–Crippen LogP) is 14.0. The highest BCUT2D eigenvalue weighted by Gasteiger charge is 2.36. The summed E-state index contributed by atoms with van der Waals surface area (Å²) in [5.74, 6) is 1.34. The van der Waals surface area contributed by atoms with Crippen molar-refractivity contribution >= 4 is 72.9 Å². The average Bonchev–Trinajstić information content (AvgIpc) is 3.85. The summed E-state index contributed by atoms with van der Waals surface area (Å²) in [7, 11) is 0. The zero-order chi connectivity index (χ0) is 37.6. The molecule has 9 aromatic rings. The highest BCUT2D eigenvalue weighted by atomic mass is 32.2. The number of benzene rings is 8. The molecule has 3 aliphatic rings. The monoisotopic (exact) mass is 748 g/mol. The maximum Gasteiger partial charge on any atom is 0.136 e. The van der Waals surface area contributed by atoms with Gasteiger partial charge in [-0.2, -0.15) is 0 Å². The second kappa shape index (κ2) is 12.7. The van der Waals surface area contributed by atoms with E-state index in [1.165, 1.54) is 53.6 Å². The average molecular weight is 749 g/mol. The number of para-hydroxylation sites is 1. The highest BCUT2D eigenvalue weighted by Crippen LogP contribution is 2.53. The zero-order valence-corrected chi connectivity index (χ0v) is 32.1. The standard InChI is InChI=1S/C53H36N2OS/c1-31-25-26-39-37-17-5-6-18-38(37)43-29-35(33-15-11-16-34(28-33)36-21-12-23-46-49(36)40-19-7-9-22-45(40)56-46)30-44(48(43)42(39)27-31)53-54-50(32-13-3-2-4-14-32)52-51(55-53)41-20-8-10-24-47(41)57-52/h2-26,28-31,51H,27H2,1H3,(H,54,55). The summed E-state index contributed by atoms with van der Waals surface area (Å²) in [6.45, 7) is 2.33. The van der Waals surface area contributed by atoms with Gasteiger partial charge in [-0.1, -0.05) is 152 Å². The van der Waals surface area contributed by atoms with Crippen LogP contribution in [-0.4, -0.2) is 5.84 Å². The summed E-state index contributed by atoms with van der Waals surface area (Å²) >= 11 is 1.84. The van der Waals surface area contributed by atoms with Crippen molar-refractivity contribution in [2.75, 3.05) is 0 Å². The molecule has 4 heteroatoms. The van der Waals surface area contributed by atoms with E-state index in [0.29, 0.717) is 5.92 Å². The lowest BCUT2D eigenvalue weighted by Crippen LogP contribution is -2.32. The van der Waals surface area contributed by atoms with Crippen LogP contribution in [0.1, 0.15) is 40.8 Å². The molecule has 8 aromatic carbocycles. The van der Waals surface area contributed by atoms with Gasteiger partial charge in [-0.05, 0) is 109 Å². The Morgan fingerprint density at radius 3 is 2.25 bits per heavy atom. The third-order valence-corrected chi connectivity index (χ3v) is 13.3. The van der Waals surface area contributed by atoms with Crippen molar-refractivity contribution < 1.29 is 4.42 Å². The molecule has 3 nitrogen and oxygen atoms in total. The van der Waals surface area contributed by atoms with Crippen LogP contribution in [0.3, 0.4) is 0 Å². The van der Waals surface area contributed by atoms with E-state index in [1.807, 2.05) is 17.8 Å². The molecule has 0 bridgehead atoms. The molecule has 0 saturated heterocycles. The summed E-state index contributed by atoms with van der Waals surface area (Å²) in [5, 5.41) is 11.4. The molecule has 0 saturated carbocycles. The minimum Gasteiger partial charge on any atom is -0.456 e. The molecule has 57 heavy (non-hydrogen) atoms. The summed E-state index contributed by atoms with van der Waals surface area (Å²) < 4.78 is 6.32. The van der Waals surface area contributed by atoms with E-state index in [2.05, 4.69) is 176 Å². The van der Waals surface area contributed by atoms with Gasteiger partial charge in [0, 0.05) is 31.7 Å². The number of thioether (sulfide) groups is 1. The largest absolute Gasteiger partial charge is 0.456 e. The van der Waals surface area contributed by atoms with Gasteiger partial charge < -0.3 is 9.73 Å². The van der Waals surface area contributed by atoms with Gasteiger partial charge in [-0.25, -0.2) is 4.99 Å². The third-order valence-electron chi connectivity index (χ3n) is 12.1. The smallest absolute Gasteiger partial charge is 0.136 e. The van der Waals surface area contributed by atoms with Crippen molar-refractivity contribution in [1.29, 1.82) is 0 Å². The maximum absolute atomic E-state index is 6.32. The van der Waals surface area contributed by atoms with Crippen molar-refractivity contribution in [1.82, 2.24) is 5.32 Å². The fourth-order valence-corrected chi connectivity index (χ4v) is 10.7. The van der Waals surface area contributed by atoms with Crippen LogP contribution in [-0.2, 0) is 6.42 Å². The number of rotatable bonds is 4. The molecule has 270 valence electrons. The number of hydrogen-bond acceptors (Lipinski definition) is 4. The lowest BCUT2D eigenvalue weighted by molar-refractivity contribution is 0.669. The van der Waals surface area contributed by atoms with Crippen LogP contribution in [0, 0.1) is 5.92 Å². The minimum atomic E-state index is 0.0105. The molecule has 1 aromatic heterocycles. The Labute approximate surface area is 335 Å². The van der Waals surface area contributed by atoms with Crippen LogP contribution in [0.2, 0.25) is 0 Å². The lowest BCUT2D eigenvalue weighted by Gasteiger charge is -2.28. The number of allylic oxidation sites excluding steroid dienone is 1. The van der Waals surface area contributed by atoms with Crippen LogP contribution in [0.4, 0.5) is 0 Å². The number of nitrogens with zero attached hydrogens (tertiary/aromatic N) is 1. The van der Waals surface area contributed by atoms with Crippen molar-refractivity contribution in [3.63, 3.8) is 0 Å². The topological polar surface area (TPSA) is 37.5 Å². The van der Waals surface area contributed by atoms with Crippen LogP contribution in [0.15, 0.2) is 183 Å². The first-order valence-electron chi connectivity index (χ1n) is 19.8. The molecule has 1 N–H and O–H groups in total. The first-order chi connectivity index (χ1) is 28.2. The van der Waals surface area contributed by atoms with Crippen LogP contribution in [0.25, 0.3) is 77.5 Å². The number of aliphatic imine (C=N–C) groups is 1. The van der Waals surface area contributed by atoms with Crippen LogP contribution >= 0.6 is 11.8 Å². The van der Waals surface area contributed by atoms with Crippen molar-refractivity contribution in [2.45, 2.75) is 24.3 Å². The number of fused-ring (bicyclic) bond motifs is 12. The quantitative estimate of drug-likeness (QED) is 0.182. The molecule has 1 aliphatic carbocycles. The Kier molecular flexibility index (Phi) is 7.27. The Morgan fingerprint density at radius 1 is 0.596 bits per heavy atom. The van der Waals surface area contributed by atoms with Gasteiger partial charge in [0.15, 0.2) is 0 Å². The van der Waals surface area contributed by atoms with E-state index in [9.17, 15) is 0 Å². The molecule has 2 unspecified atom stereocenters. The fraction of sp³-hybridized carbons (Fsp3) is 0.0755. The van der Waals surface area contributed by atoms with Crippen molar-refractivity contribution in [2.24, 2.45) is 10.9 Å². The van der Waals surface area contributed by atoms with Crippen molar-refractivity contribution in [3.05, 3.63) is 197 Å². The highest BCUT2D eigenvalue weighted by molar-refractivity contribution is 8.03. The summed E-state index contributed by atoms with van der Waals surface area (Å²) in [6.07, 6.45) is 5.70. The number of nitrogens with one attached hydrogen (secondary N) is 1. The van der Waals surface area contributed by atoms with Crippen molar-refractivity contribution in [3.8, 4) is 22.3 Å². The van der Waals surface area contributed by atoms with E-state index in [-0.39, 0.29) is 6.04 Å². The molecular formula is C53H36N2OS. The molecular weight excluding hydrogens is 713 g/mol. The van der Waals surface area contributed by atoms with E-state index < -0.39 is 0 Å². The third kappa shape index (κ3) is 5.10. The SMILES string of the molecule is CC1C=Cc2c(c3c(C4=NC(c5ccccc5)=C5Sc6ccccc6C5N4)cc(-c4cccc(-c5cccc6oc7ccccc7c56)c4)cc3c3ccccc23)C1. The predicted molar refractivity (Wildman–Crippen MR) is 240 cm³/mol.